The predicted octanol–water partition coefficient (Wildman–Crippen LogP) is 1.60. The number of benzene rings is 1. The summed E-state index contributed by atoms with van der Waals surface area (Å²) in [7, 11) is 0. The van der Waals surface area contributed by atoms with Crippen molar-refractivity contribution < 1.29 is 0 Å². The third kappa shape index (κ3) is 1.04. The van der Waals surface area contributed by atoms with Crippen LogP contribution in [-0.4, -0.2) is 0 Å². The fraction of sp³-hybridized carbons (Fsp3) is 0.143. The Bertz CT molecular complexity index is 130. The first-order valence-corrected chi connectivity index (χ1v) is 2.24. The molecule has 0 N–H and O–H groups in total. The standard InChI is InChI=1S/C7H6/c1-7-5-3-2-4-6-7/h3-5H,1H3. The molecule has 0 amide bonds. The summed E-state index contributed by atoms with van der Waals surface area (Å²) in [4.78, 5) is 0. The van der Waals surface area contributed by atoms with Crippen molar-refractivity contribution in [1.29, 1.82) is 0 Å². The molecule has 1 aromatic rings. The van der Waals surface area contributed by atoms with Gasteiger partial charge in [0.25, 0.3) is 0 Å². The van der Waals surface area contributed by atoms with Crippen LogP contribution in [0.5, 0.6) is 0 Å². The van der Waals surface area contributed by atoms with Gasteiger partial charge in [-0.25, -0.2) is 0 Å². The van der Waals surface area contributed by atoms with Crippen molar-refractivity contribution in [1.82, 2.24) is 0 Å². The number of hydrogen-bond donors (Lipinski definition) is 0. The molecule has 0 aromatic heterocycles. The summed E-state index contributed by atoms with van der Waals surface area (Å²) < 4.78 is 0. The molecule has 0 aliphatic heterocycles. The molecule has 2 radical (unpaired) electrons. The zero-order valence-corrected chi connectivity index (χ0v) is 4.23. The molecule has 0 fully saturated rings. The van der Waals surface area contributed by atoms with Gasteiger partial charge in [0.1, 0.15) is 0 Å². The second-order valence-corrected chi connectivity index (χ2v) is 1.47. The van der Waals surface area contributed by atoms with Crippen molar-refractivity contribution >= 4 is 0 Å². The van der Waals surface area contributed by atoms with Gasteiger partial charge in [0.15, 0.2) is 0 Å². The topological polar surface area (TPSA) is 0 Å². The maximum absolute atomic E-state index is 2.98. The van der Waals surface area contributed by atoms with Crippen molar-refractivity contribution in [2.75, 3.05) is 0 Å². The number of aryl methyl sites for hydroxylation is 1. The smallest absolute Gasteiger partial charge is 0.0146 e. The van der Waals surface area contributed by atoms with Crippen LogP contribution >= 0.6 is 0 Å². The van der Waals surface area contributed by atoms with Crippen LogP contribution in [0, 0.1) is 19.1 Å². The maximum atomic E-state index is 2.98. The van der Waals surface area contributed by atoms with Crippen molar-refractivity contribution in [3.63, 3.8) is 0 Å². The van der Waals surface area contributed by atoms with Gasteiger partial charge in [0.05, 0.1) is 0 Å². The van der Waals surface area contributed by atoms with E-state index in [9.17, 15) is 0 Å². The highest BCUT2D eigenvalue weighted by Crippen LogP contribution is 1.90. The molecule has 0 spiro atoms. The Morgan fingerprint density at radius 1 is 1.57 bits per heavy atom. The van der Waals surface area contributed by atoms with Gasteiger partial charge in [-0.05, 0) is 30.7 Å². The van der Waals surface area contributed by atoms with Crippen LogP contribution in [0.2, 0.25) is 0 Å². The Hall–Kier alpha value is -0.780. The third-order valence-electron chi connectivity index (χ3n) is 0.813. The summed E-state index contributed by atoms with van der Waals surface area (Å²) in [5, 5.41) is 0. The Labute approximate surface area is 43.8 Å². The summed E-state index contributed by atoms with van der Waals surface area (Å²) in [6, 6.07) is 11.5. The fourth-order valence-electron chi connectivity index (χ4n) is 0.425. The molecule has 7 heavy (non-hydrogen) atoms. The van der Waals surface area contributed by atoms with Gasteiger partial charge in [-0.2, -0.15) is 0 Å². The highest BCUT2D eigenvalue weighted by molar-refractivity contribution is 5.08. The van der Waals surface area contributed by atoms with Gasteiger partial charge in [-0.3, -0.25) is 0 Å². The quantitative estimate of drug-likeness (QED) is 0.454. The van der Waals surface area contributed by atoms with Gasteiger partial charge < -0.3 is 0 Å². The van der Waals surface area contributed by atoms with E-state index < -0.39 is 0 Å². The van der Waals surface area contributed by atoms with Crippen LogP contribution in [-0.2, 0) is 0 Å². The van der Waals surface area contributed by atoms with Crippen LogP contribution in [0.1, 0.15) is 5.56 Å². The van der Waals surface area contributed by atoms with E-state index in [0.29, 0.717) is 0 Å². The predicted molar refractivity (Wildman–Crippen MR) is 28.9 cm³/mol. The summed E-state index contributed by atoms with van der Waals surface area (Å²) in [6.45, 7) is 2.01. The molecule has 0 saturated heterocycles. The average Bonchev–Trinajstić information content (AvgIpc) is 1.69. The molecule has 0 nitrogen and oxygen atoms in total. The lowest BCUT2D eigenvalue weighted by Gasteiger charge is -1.81. The lowest BCUT2D eigenvalue weighted by Crippen LogP contribution is -1.64. The van der Waals surface area contributed by atoms with Crippen molar-refractivity contribution in [3.8, 4) is 0 Å². The lowest BCUT2D eigenvalue weighted by atomic mass is 10.2. The van der Waals surface area contributed by atoms with Gasteiger partial charge in [0, 0.05) is 0 Å². The van der Waals surface area contributed by atoms with Gasteiger partial charge >= 0.3 is 0 Å². The average molecular weight is 90.1 g/mol. The van der Waals surface area contributed by atoms with E-state index in [0.717, 1.165) is 0 Å². The fourth-order valence-corrected chi connectivity index (χ4v) is 0.425. The maximum Gasteiger partial charge on any atom is -0.0146 e. The molecule has 0 saturated carbocycles. The van der Waals surface area contributed by atoms with E-state index in [1.54, 1.807) is 6.07 Å². The molecule has 0 aliphatic rings. The van der Waals surface area contributed by atoms with Gasteiger partial charge in [-0.1, -0.05) is 12.1 Å². The van der Waals surface area contributed by atoms with Crippen LogP contribution in [0.4, 0.5) is 0 Å². The van der Waals surface area contributed by atoms with E-state index in [-0.39, 0.29) is 0 Å². The minimum Gasteiger partial charge on any atom is -0.0581 e. The molecule has 1 aromatic carbocycles. The van der Waals surface area contributed by atoms with Crippen molar-refractivity contribution in [3.05, 3.63) is 35.9 Å². The number of hydrogen-bond acceptors (Lipinski definition) is 0. The summed E-state index contributed by atoms with van der Waals surface area (Å²) in [5.41, 5.74) is 1.17. The zero-order valence-electron chi connectivity index (χ0n) is 4.23. The Kier molecular flexibility index (Phi) is 1.12. The Morgan fingerprint density at radius 3 is 2.71 bits per heavy atom. The molecule has 1 rings (SSSR count). The van der Waals surface area contributed by atoms with Gasteiger partial charge in [0.2, 0.25) is 0 Å². The SMILES string of the molecule is Cc1[c]c[c]cc1. The highest BCUT2D eigenvalue weighted by Gasteiger charge is 1.73. The first-order valence-electron chi connectivity index (χ1n) is 2.24. The monoisotopic (exact) mass is 90.0 g/mol. The minimum absolute atomic E-state index is 1.17. The second kappa shape index (κ2) is 1.78. The minimum atomic E-state index is 1.17. The molecular weight excluding hydrogens is 84.1 g/mol. The van der Waals surface area contributed by atoms with Crippen LogP contribution in [0.3, 0.4) is 0 Å². The molecule has 0 unspecified atom stereocenters. The largest absolute Gasteiger partial charge is 0.0581 e. The molecule has 0 bridgehead atoms. The summed E-state index contributed by atoms with van der Waals surface area (Å²) in [6.07, 6.45) is 0. The van der Waals surface area contributed by atoms with Crippen molar-refractivity contribution in [2.24, 2.45) is 0 Å². The van der Waals surface area contributed by atoms with E-state index >= 15 is 0 Å². The van der Waals surface area contributed by atoms with Gasteiger partial charge in [-0.15, -0.1) is 0 Å². The molecule has 34 valence electrons. The molecule has 0 atom stereocenters. The highest BCUT2D eigenvalue weighted by atomic mass is 13.8. The van der Waals surface area contributed by atoms with Crippen LogP contribution in [0.15, 0.2) is 18.2 Å². The van der Waals surface area contributed by atoms with Crippen LogP contribution in [0.25, 0.3) is 0 Å². The molecular formula is C7H6. The van der Waals surface area contributed by atoms with Crippen LogP contribution < -0.4 is 0 Å². The lowest BCUT2D eigenvalue weighted by molar-refractivity contribution is 1.46. The Balaban J connectivity index is 3.02. The first-order chi connectivity index (χ1) is 3.39. The Morgan fingerprint density at radius 2 is 2.43 bits per heavy atom. The zero-order chi connectivity index (χ0) is 5.11. The summed E-state index contributed by atoms with van der Waals surface area (Å²) >= 11 is 0. The normalized spacial score (nSPS) is 8.71. The first kappa shape index (κ1) is 4.38. The molecule has 0 heteroatoms. The van der Waals surface area contributed by atoms with E-state index in [4.69, 9.17) is 0 Å². The van der Waals surface area contributed by atoms with E-state index in [2.05, 4.69) is 12.1 Å². The molecule has 0 aliphatic carbocycles. The van der Waals surface area contributed by atoms with E-state index in [1.165, 1.54) is 5.56 Å². The third-order valence-corrected chi connectivity index (χ3v) is 0.813. The molecule has 0 heterocycles. The second-order valence-electron chi connectivity index (χ2n) is 1.47. The summed E-state index contributed by atoms with van der Waals surface area (Å²) in [5.74, 6) is 0. The van der Waals surface area contributed by atoms with E-state index in [1.807, 2.05) is 19.1 Å². The number of rotatable bonds is 0. The van der Waals surface area contributed by atoms with Crippen molar-refractivity contribution in [2.45, 2.75) is 6.92 Å².